The van der Waals surface area contributed by atoms with Gasteiger partial charge in [-0.15, -0.1) is 0 Å². The molecule has 5 heteroatoms. The van der Waals surface area contributed by atoms with Gasteiger partial charge in [-0.05, 0) is 48.9 Å². The smallest absolute Gasteiger partial charge is 0.191 e. The fraction of sp³-hybridized carbons (Fsp3) is 0.458. The SMILES string of the molecule is CN=C(NCc1cccc(COC2CCOCC2)c1)NCc1ccc(C)cc1C. The van der Waals surface area contributed by atoms with Gasteiger partial charge < -0.3 is 20.1 Å². The Morgan fingerprint density at radius 3 is 2.55 bits per heavy atom. The van der Waals surface area contributed by atoms with Gasteiger partial charge in [0.05, 0.1) is 12.7 Å². The van der Waals surface area contributed by atoms with E-state index in [0.717, 1.165) is 45.1 Å². The van der Waals surface area contributed by atoms with Crippen molar-refractivity contribution in [3.8, 4) is 0 Å². The van der Waals surface area contributed by atoms with Crippen molar-refractivity contribution in [1.29, 1.82) is 0 Å². The van der Waals surface area contributed by atoms with Crippen LogP contribution in [-0.4, -0.2) is 32.3 Å². The molecular weight excluding hydrogens is 362 g/mol. The van der Waals surface area contributed by atoms with E-state index in [4.69, 9.17) is 9.47 Å². The summed E-state index contributed by atoms with van der Waals surface area (Å²) in [6.45, 7) is 8.01. The van der Waals surface area contributed by atoms with Crippen LogP contribution < -0.4 is 10.6 Å². The molecule has 2 aromatic rings. The van der Waals surface area contributed by atoms with Crippen LogP contribution in [0.4, 0.5) is 0 Å². The maximum Gasteiger partial charge on any atom is 0.191 e. The van der Waals surface area contributed by atoms with Crippen LogP contribution in [0.5, 0.6) is 0 Å². The first-order chi connectivity index (χ1) is 14.1. The molecule has 0 atom stereocenters. The Hall–Kier alpha value is -2.37. The van der Waals surface area contributed by atoms with Gasteiger partial charge in [-0.25, -0.2) is 0 Å². The Balaban J connectivity index is 1.47. The molecule has 1 heterocycles. The summed E-state index contributed by atoms with van der Waals surface area (Å²) >= 11 is 0. The highest BCUT2D eigenvalue weighted by Gasteiger charge is 2.14. The van der Waals surface area contributed by atoms with E-state index in [1.54, 1.807) is 7.05 Å². The molecule has 0 bridgehead atoms. The molecule has 0 spiro atoms. The highest BCUT2D eigenvalue weighted by molar-refractivity contribution is 5.79. The number of nitrogens with one attached hydrogen (secondary N) is 2. The number of benzene rings is 2. The van der Waals surface area contributed by atoms with E-state index in [1.807, 2.05) is 0 Å². The van der Waals surface area contributed by atoms with E-state index in [-0.39, 0.29) is 0 Å². The van der Waals surface area contributed by atoms with E-state index in [2.05, 4.69) is 71.9 Å². The molecule has 0 saturated carbocycles. The maximum absolute atomic E-state index is 6.04. The third-order valence-corrected chi connectivity index (χ3v) is 5.27. The monoisotopic (exact) mass is 395 g/mol. The molecule has 29 heavy (non-hydrogen) atoms. The second kappa shape index (κ2) is 11.0. The van der Waals surface area contributed by atoms with Crippen molar-refractivity contribution in [2.75, 3.05) is 20.3 Å². The molecule has 0 radical (unpaired) electrons. The van der Waals surface area contributed by atoms with Crippen LogP contribution in [0.15, 0.2) is 47.5 Å². The van der Waals surface area contributed by atoms with Gasteiger partial charge in [-0.1, -0.05) is 48.0 Å². The van der Waals surface area contributed by atoms with E-state index >= 15 is 0 Å². The molecule has 3 rings (SSSR count). The van der Waals surface area contributed by atoms with Gasteiger partial charge in [0.25, 0.3) is 0 Å². The fourth-order valence-corrected chi connectivity index (χ4v) is 3.52. The van der Waals surface area contributed by atoms with Gasteiger partial charge in [-0.2, -0.15) is 0 Å². The molecule has 0 aromatic heterocycles. The highest BCUT2D eigenvalue weighted by atomic mass is 16.5. The molecule has 1 saturated heterocycles. The number of ether oxygens (including phenoxy) is 2. The maximum atomic E-state index is 6.04. The van der Waals surface area contributed by atoms with Crippen molar-refractivity contribution < 1.29 is 9.47 Å². The Labute approximate surface area is 174 Å². The van der Waals surface area contributed by atoms with Gasteiger partial charge in [-0.3, -0.25) is 4.99 Å². The first-order valence-corrected chi connectivity index (χ1v) is 10.4. The minimum Gasteiger partial charge on any atom is -0.381 e. The predicted octanol–water partition coefficient (Wildman–Crippen LogP) is 3.86. The van der Waals surface area contributed by atoms with Crippen molar-refractivity contribution >= 4 is 5.96 Å². The number of aliphatic imine (C=N–C) groups is 1. The van der Waals surface area contributed by atoms with E-state index in [9.17, 15) is 0 Å². The lowest BCUT2D eigenvalue weighted by molar-refractivity contribution is -0.0390. The van der Waals surface area contributed by atoms with Crippen molar-refractivity contribution in [3.63, 3.8) is 0 Å². The van der Waals surface area contributed by atoms with Crippen LogP contribution in [0, 0.1) is 13.8 Å². The summed E-state index contributed by atoms with van der Waals surface area (Å²) in [5, 5.41) is 6.80. The summed E-state index contributed by atoms with van der Waals surface area (Å²) in [6, 6.07) is 15.1. The summed E-state index contributed by atoms with van der Waals surface area (Å²) in [4.78, 5) is 4.34. The summed E-state index contributed by atoms with van der Waals surface area (Å²) in [5.41, 5.74) is 6.28. The Morgan fingerprint density at radius 2 is 1.79 bits per heavy atom. The number of hydrogen-bond donors (Lipinski definition) is 2. The third-order valence-electron chi connectivity index (χ3n) is 5.27. The number of aryl methyl sites for hydroxylation is 2. The van der Waals surface area contributed by atoms with Gasteiger partial charge in [0.1, 0.15) is 0 Å². The molecule has 2 aromatic carbocycles. The lowest BCUT2D eigenvalue weighted by Crippen LogP contribution is -2.36. The summed E-state index contributed by atoms with van der Waals surface area (Å²) in [6.07, 6.45) is 2.30. The normalized spacial score (nSPS) is 15.3. The molecule has 0 aliphatic carbocycles. The average molecular weight is 396 g/mol. The van der Waals surface area contributed by atoms with Gasteiger partial charge in [0, 0.05) is 33.4 Å². The third kappa shape index (κ3) is 6.87. The van der Waals surface area contributed by atoms with E-state index < -0.39 is 0 Å². The minimum absolute atomic E-state index is 0.318. The molecular formula is C24H33N3O2. The van der Waals surface area contributed by atoms with E-state index in [1.165, 1.54) is 27.8 Å². The summed E-state index contributed by atoms with van der Waals surface area (Å²) in [7, 11) is 1.80. The van der Waals surface area contributed by atoms with Crippen LogP contribution in [0.3, 0.4) is 0 Å². The summed E-state index contributed by atoms with van der Waals surface area (Å²) < 4.78 is 11.4. The van der Waals surface area contributed by atoms with Crippen molar-refractivity contribution in [2.24, 2.45) is 4.99 Å². The Morgan fingerprint density at radius 1 is 1.03 bits per heavy atom. The van der Waals surface area contributed by atoms with Gasteiger partial charge in [0.15, 0.2) is 5.96 Å². The average Bonchev–Trinajstić information content (AvgIpc) is 2.74. The van der Waals surface area contributed by atoms with Gasteiger partial charge in [0.2, 0.25) is 0 Å². The Bertz CT molecular complexity index is 814. The second-order valence-electron chi connectivity index (χ2n) is 7.65. The van der Waals surface area contributed by atoms with Crippen molar-refractivity contribution in [2.45, 2.75) is 52.5 Å². The van der Waals surface area contributed by atoms with Crippen LogP contribution in [0.2, 0.25) is 0 Å². The quantitative estimate of drug-likeness (QED) is 0.552. The topological polar surface area (TPSA) is 54.9 Å². The zero-order valence-electron chi connectivity index (χ0n) is 17.8. The van der Waals surface area contributed by atoms with Gasteiger partial charge >= 0.3 is 0 Å². The van der Waals surface area contributed by atoms with Crippen LogP contribution in [0.1, 0.15) is 40.7 Å². The molecule has 156 valence electrons. The lowest BCUT2D eigenvalue weighted by Gasteiger charge is -2.22. The molecule has 1 aliphatic rings. The minimum atomic E-state index is 0.318. The van der Waals surface area contributed by atoms with Crippen molar-refractivity contribution in [1.82, 2.24) is 10.6 Å². The molecule has 0 unspecified atom stereocenters. The van der Waals surface area contributed by atoms with Crippen LogP contribution >= 0.6 is 0 Å². The first-order valence-electron chi connectivity index (χ1n) is 10.4. The lowest BCUT2D eigenvalue weighted by atomic mass is 10.1. The summed E-state index contributed by atoms with van der Waals surface area (Å²) in [5.74, 6) is 0.800. The predicted molar refractivity (Wildman–Crippen MR) is 118 cm³/mol. The van der Waals surface area contributed by atoms with Crippen molar-refractivity contribution in [3.05, 3.63) is 70.3 Å². The molecule has 0 amide bonds. The van der Waals surface area contributed by atoms with Crippen LogP contribution in [-0.2, 0) is 29.2 Å². The molecule has 1 fully saturated rings. The number of rotatable bonds is 7. The highest BCUT2D eigenvalue weighted by Crippen LogP contribution is 2.14. The molecule has 1 aliphatic heterocycles. The first kappa shape index (κ1) is 21.3. The standard InChI is InChI=1S/C24H33N3O2/c1-18-7-8-22(19(2)13-18)16-27-24(25-3)26-15-20-5-4-6-21(14-20)17-29-23-9-11-28-12-10-23/h4-8,13-14,23H,9-12,15-17H2,1-3H3,(H2,25,26,27). The molecule has 5 nitrogen and oxygen atoms in total. The van der Waals surface area contributed by atoms with E-state index in [0.29, 0.717) is 12.7 Å². The Kier molecular flexibility index (Phi) is 8.08. The number of hydrogen-bond acceptors (Lipinski definition) is 3. The largest absolute Gasteiger partial charge is 0.381 e. The second-order valence-corrected chi connectivity index (χ2v) is 7.65. The van der Waals surface area contributed by atoms with Crippen LogP contribution in [0.25, 0.3) is 0 Å². The zero-order chi connectivity index (χ0) is 20.5. The number of nitrogens with zero attached hydrogens (tertiary/aromatic N) is 1. The number of guanidine groups is 1. The fourth-order valence-electron chi connectivity index (χ4n) is 3.52. The zero-order valence-corrected chi connectivity index (χ0v) is 17.8. The molecule has 2 N–H and O–H groups in total.